The van der Waals surface area contributed by atoms with E-state index in [-0.39, 0.29) is 17.9 Å². The smallest absolute Gasteiger partial charge is 0.316 e. The molecule has 1 unspecified atom stereocenters. The number of carbonyl (C=O) groups is 2. The number of carbonyl (C=O) groups excluding carboxylic acids is 2. The van der Waals surface area contributed by atoms with Gasteiger partial charge in [-0.1, -0.05) is 12.1 Å². The van der Waals surface area contributed by atoms with E-state index < -0.39 is 22.6 Å². The largest absolute Gasteiger partial charge is 0.465 e. The SMILES string of the molecule is O=C1OCCC1C(=O)c1cccc([N+](=O)[O-])c1. The van der Waals surface area contributed by atoms with Gasteiger partial charge in [0.25, 0.3) is 5.69 Å². The van der Waals surface area contributed by atoms with Crippen LogP contribution in [-0.4, -0.2) is 23.3 Å². The number of esters is 1. The standard InChI is InChI=1S/C11H9NO5/c13-10(9-4-5-17-11(9)14)7-2-1-3-8(6-7)12(15)16/h1-3,6,9H,4-5H2. The summed E-state index contributed by atoms with van der Waals surface area (Å²) in [5, 5.41) is 10.6. The van der Waals surface area contributed by atoms with Crippen molar-refractivity contribution in [3.05, 3.63) is 39.9 Å². The summed E-state index contributed by atoms with van der Waals surface area (Å²) in [5.74, 6) is -1.80. The lowest BCUT2D eigenvalue weighted by molar-refractivity contribution is -0.384. The average molecular weight is 235 g/mol. The number of ketones is 1. The highest BCUT2D eigenvalue weighted by molar-refractivity contribution is 6.09. The van der Waals surface area contributed by atoms with E-state index >= 15 is 0 Å². The molecule has 1 aromatic rings. The Morgan fingerprint density at radius 1 is 1.47 bits per heavy atom. The van der Waals surface area contributed by atoms with Gasteiger partial charge in [-0.25, -0.2) is 0 Å². The minimum absolute atomic E-state index is 0.165. The molecule has 1 aliphatic heterocycles. The molecule has 0 radical (unpaired) electrons. The summed E-state index contributed by atoms with van der Waals surface area (Å²) in [6.45, 7) is 0.226. The Morgan fingerprint density at radius 3 is 2.82 bits per heavy atom. The van der Waals surface area contributed by atoms with Crippen LogP contribution in [0.3, 0.4) is 0 Å². The van der Waals surface area contributed by atoms with Crippen molar-refractivity contribution in [1.29, 1.82) is 0 Å². The molecule has 0 bridgehead atoms. The van der Waals surface area contributed by atoms with Gasteiger partial charge >= 0.3 is 5.97 Å². The summed E-state index contributed by atoms with van der Waals surface area (Å²) in [6.07, 6.45) is 0.334. The highest BCUT2D eigenvalue weighted by Gasteiger charge is 2.34. The molecule has 1 fully saturated rings. The minimum Gasteiger partial charge on any atom is -0.465 e. The molecule has 1 atom stereocenters. The van der Waals surface area contributed by atoms with E-state index in [4.69, 9.17) is 4.74 Å². The molecule has 6 nitrogen and oxygen atoms in total. The first-order chi connectivity index (χ1) is 8.09. The molecule has 1 aliphatic rings. The Morgan fingerprint density at radius 2 is 2.24 bits per heavy atom. The maximum absolute atomic E-state index is 11.9. The quantitative estimate of drug-likeness (QED) is 0.259. The molecule has 0 aliphatic carbocycles. The van der Waals surface area contributed by atoms with Gasteiger partial charge < -0.3 is 4.74 Å². The lowest BCUT2D eigenvalue weighted by atomic mass is 9.96. The summed E-state index contributed by atoms with van der Waals surface area (Å²) in [4.78, 5) is 33.1. The number of benzene rings is 1. The molecule has 2 rings (SSSR count). The van der Waals surface area contributed by atoms with E-state index in [2.05, 4.69) is 0 Å². The first-order valence-corrected chi connectivity index (χ1v) is 5.05. The lowest BCUT2D eigenvalue weighted by Crippen LogP contribution is -2.19. The van der Waals surface area contributed by atoms with Gasteiger partial charge in [-0.3, -0.25) is 19.7 Å². The van der Waals surface area contributed by atoms with Crippen molar-refractivity contribution in [2.24, 2.45) is 5.92 Å². The van der Waals surface area contributed by atoms with Crippen molar-refractivity contribution in [2.75, 3.05) is 6.61 Å². The van der Waals surface area contributed by atoms with Gasteiger partial charge in [0, 0.05) is 24.1 Å². The zero-order valence-corrected chi connectivity index (χ0v) is 8.79. The lowest BCUT2D eigenvalue weighted by Gasteiger charge is -2.04. The number of hydrogen-bond acceptors (Lipinski definition) is 5. The average Bonchev–Trinajstić information content (AvgIpc) is 2.74. The van der Waals surface area contributed by atoms with Crippen LogP contribution >= 0.6 is 0 Å². The van der Waals surface area contributed by atoms with Gasteiger partial charge in [0.05, 0.1) is 11.5 Å². The van der Waals surface area contributed by atoms with Gasteiger partial charge in [-0.05, 0) is 0 Å². The van der Waals surface area contributed by atoms with Gasteiger partial charge in [-0.2, -0.15) is 0 Å². The van der Waals surface area contributed by atoms with E-state index in [1.54, 1.807) is 0 Å². The fraction of sp³-hybridized carbons (Fsp3) is 0.273. The van der Waals surface area contributed by atoms with E-state index in [9.17, 15) is 19.7 Å². The number of nitro benzene ring substituents is 1. The van der Waals surface area contributed by atoms with Gasteiger partial charge in [0.15, 0.2) is 5.78 Å². The number of non-ortho nitro benzene ring substituents is 1. The molecule has 88 valence electrons. The van der Waals surface area contributed by atoms with Crippen LogP contribution < -0.4 is 0 Å². The molecule has 1 aromatic carbocycles. The van der Waals surface area contributed by atoms with Crippen molar-refractivity contribution in [2.45, 2.75) is 6.42 Å². The number of hydrogen-bond donors (Lipinski definition) is 0. The van der Waals surface area contributed by atoms with E-state index in [0.717, 1.165) is 0 Å². The Kier molecular flexibility index (Phi) is 2.86. The molecule has 0 N–H and O–H groups in total. The monoisotopic (exact) mass is 235 g/mol. The minimum atomic E-state index is -0.822. The normalized spacial score (nSPS) is 18.8. The Balaban J connectivity index is 2.27. The topological polar surface area (TPSA) is 86.5 Å². The van der Waals surface area contributed by atoms with E-state index in [1.165, 1.54) is 24.3 Å². The van der Waals surface area contributed by atoms with Crippen LogP contribution in [0.4, 0.5) is 5.69 Å². The predicted molar refractivity (Wildman–Crippen MR) is 56.5 cm³/mol. The molecule has 0 spiro atoms. The zero-order chi connectivity index (χ0) is 12.4. The third-order valence-electron chi connectivity index (χ3n) is 2.59. The third kappa shape index (κ3) is 2.15. The van der Waals surface area contributed by atoms with Crippen molar-refractivity contribution in [1.82, 2.24) is 0 Å². The second-order valence-electron chi connectivity index (χ2n) is 3.68. The summed E-state index contributed by atoms with van der Waals surface area (Å²) < 4.78 is 4.69. The second-order valence-corrected chi connectivity index (χ2v) is 3.68. The highest BCUT2D eigenvalue weighted by atomic mass is 16.6. The number of cyclic esters (lactones) is 1. The maximum Gasteiger partial charge on any atom is 0.316 e. The van der Waals surface area contributed by atoms with Crippen LogP contribution in [0.1, 0.15) is 16.8 Å². The number of Topliss-reactive ketones (excluding diaryl/α,β-unsaturated/α-hetero) is 1. The molecule has 17 heavy (non-hydrogen) atoms. The molecule has 0 saturated carbocycles. The van der Waals surface area contributed by atoms with Crippen molar-refractivity contribution >= 4 is 17.4 Å². The number of ether oxygens (including phenoxy) is 1. The molecular weight excluding hydrogens is 226 g/mol. The van der Waals surface area contributed by atoms with Gasteiger partial charge in [-0.15, -0.1) is 0 Å². The van der Waals surface area contributed by atoms with Crippen LogP contribution in [0.15, 0.2) is 24.3 Å². The van der Waals surface area contributed by atoms with E-state index in [0.29, 0.717) is 6.42 Å². The van der Waals surface area contributed by atoms with Gasteiger partial charge in [0.2, 0.25) is 0 Å². The van der Waals surface area contributed by atoms with Crippen LogP contribution in [0.25, 0.3) is 0 Å². The molecular formula is C11H9NO5. The highest BCUT2D eigenvalue weighted by Crippen LogP contribution is 2.22. The Labute approximate surface area is 96.3 Å². The summed E-state index contributed by atoms with van der Waals surface area (Å²) in [6, 6.07) is 5.35. The molecule has 0 amide bonds. The van der Waals surface area contributed by atoms with Crippen LogP contribution in [0, 0.1) is 16.0 Å². The van der Waals surface area contributed by atoms with Crippen LogP contribution in [0.5, 0.6) is 0 Å². The van der Waals surface area contributed by atoms with E-state index in [1.807, 2.05) is 0 Å². The summed E-state index contributed by atoms with van der Waals surface area (Å²) in [7, 11) is 0. The van der Waals surface area contributed by atoms with Gasteiger partial charge in [0.1, 0.15) is 5.92 Å². The Bertz CT molecular complexity index is 496. The molecule has 0 aromatic heterocycles. The fourth-order valence-corrected chi connectivity index (χ4v) is 1.71. The van der Waals surface area contributed by atoms with Crippen LogP contribution in [0.2, 0.25) is 0 Å². The fourth-order valence-electron chi connectivity index (χ4n) is 1.71. The van der Waals surface area contributed by atoms with Crippen molar-refractivity contribution < 1.29 is 19.2 Å². The first kappa shape index (κ1) is 11.3. The third-order valence-corrected chi connectivity index (χ3v) is 2.59. The summed E-state index contributed by atoms with van der Waals surface area (Å²) in [5.41, 5.74) is 0.00487. The first-order valence-electron chi connectivity index (χ1n) is 5.05. The second kappa shape index (κ2) is 4.32. The van der Waals surface area contributed by atoms with Crippen molar-refractivity contribution in [3.63, 3.8) is 0 Å². The number of rotatable bonds is 3. The molecule has 1 saturated heterocycles. The number of nitro groups is 1. The Hall–Kier alpha value is -2.24. The maximum atomic E-state index is 11.9. The van der Waals surface area contributed by atoms with Crippen molar-refractivity contribution in [3.8, 4) is 0 Å². The zero-order valence-electron chi connectivity index (χ0n) is 8.79. The molecule has 6 heteroatoms. The summed E-state index contributed by atoms with van der Waals surface area (Å²) >= 11 is 0. The van der Waals surface area contributed by atoms with Crippen LogP contribution in [-0.2, 0) is 9.53 Å². The predicted octanol–water partition coefficient (Wildman–Crippen LogP) is 1.34. The number of nitrogens with zero attached hydrogens (tertiary/aromatic N) is 1. The molecule has 1 heterocycles.